The maximum absolute atomic E-state index is 5.99. The Balaban J connectivity index is 2.23. The largest absolute Gasteiger partial charge is 0.490 e. The molecule has 22 heavy (non-hydrogen) atoms. The van der Waals surface area contributed by atoms with Crippen molar-refractivity contribution in [3.05, 3.63) is 53.9 Å². The summed E-state index contributed by atoms with van der Waals surface area (Å²) < 4.78 is 11.3. The van der Waals surface area contributed by atoms with Gasteiger partial charge < -0.3 is 15.2 Å². The first-order chi connectivity index (χ1) is 10.8. The monoisotopic (exact) mass is 300 g/mol. The lowest BCUT2D eigenvalue weighted by Gasteiger charge is -2.18. The van der Waals surface area contributed by atoms with E-state index in [1.54, 1.807) is 0 Å². The van der Waals surface area contributed by atoms with E-state index in [-0.39, 0.29) is 5.92 Å². The minimum atomic E-state index is 0.247. The summed E-state index contributed by atoms with van der Waals surface area (Å²) in [7, 11) is 0. The Bertz CT molecular complexity index is 573. The molecule has 2 N–H and O–H groups in total. The van der Waals surface area contributed by atoms with Gasteiger partial charge >= 0.3 is 0 Å². The van der Waals surface area contributed by atoms with Crippen molar-refractivity contribution >= 4 is 0 Å². The number of nitrogens with zero attached hydrogens (tertiary/aromatic N) is 1. The van der Waals surface area contributed by atoms with Crippen LogP contribution in [0.1, 0.15) is 30.9 Å². The van der Waals surface area contributed by atoms with Gasteiger partial charge in [0.15, 0.2) is 11.5 Å². The fourth-order valence-electron chi connectivity index (χ4n) is 2.46. The van der Waals surface area contributed by atoms with E-state index in [9.17, 15) is 0 Å². The molecule has 1 unspecified atom stereocenters. The normalized spacial score (nSPS) is 12.0. The van der Waals surface area contributed by atoms with Crippen molar-refractivity contribution in [2.24, 2.45) is 5.73 Å². The van der Waals surface area contributed by atoms with Crippen LogP contribution in [0.15, 0.2) is 42.7 Å². The second-order valence-corrected chi connectivity index (χ2v) is 5.06. The molecule has 0 aliphatic rings. The van der Waals surface area contributed by atoms with Crippen LogP contribution >= 0.6 is 0 Å². The van der Waals surface area contributed by atoms with E-state index < -0.39 is 0 Å². The summed E-state index contributed by atoms with van der Waals surface area (Å²) in [5.41, 5.74) is 8.39. The van der Waals surface area contributed by atoms with Crippen LogP contribution in [0.3, 0.4) is 0 Å². The number of hydrogen-bond acceptors (Lipinski definition) is 4. The maximum atomic E-state index is 5.99. The van der Waals surface area contributed by atoms with Crippen molar-refractivity contribution in [1.29, 1.82) is 0 Å². The van der Waals surface area contributed by atoms with Gasteiger partial charge in [0.1, 0.15) is 0 Å². The van der Waals surface area contributed by atoms with Gasteiger partial charge in [-0.05, 0) is 62.2 Å². The van der Waals surface area contributed by atoms with Gasteiger partial charge in [-0.3, -0.25) is 4.98 Å². The summed E-state index contributed by atoms with van der Waals surface area (Å²) in [6.45, 7) is 5.76. The Hall–Kier alpha value is -2.07. The molecule has 0 amide bonds. The van der Waals surface area contributed by atoms with Gasteiger partial charge in [0.2, 0.25) is 0 Å². The van der Waals surface area contributed by atoms with E-state index in [1.807, 2.05) is 50.5 Å². The zero-order chi connectivity index (χ0) is 15.8. The van der Waals surface area contributed by atoms with Gasteiger partial charge in [0.25, 0.3) is 0 Å². The minimum absolute atomic E-state index is 0.247. The molecule has 4 heteroatoms. The van der Waals surface area contributed by atoms with Crippen molar-refractivity contribution in [1.82, 2.24) is 4.98 Å². The molecule has 0 bridgehead atoms. The predicted octanol–water partition coefficient (Wildman–Crippen LogP) is 3.16. The van der Waals surface area contributed by atoms with Gasteiger partial charge in [-0.2, -0.15) is 0 Å². The quantitative estimate of drug-likeness (QED) is 0.813. The van der Waals surface area contributed by atoms with Crippen LogP contribution in [0.5, 0.6) is 11.5 Å². The number of nitrogens with two attached hydrogens (primary N) is 1. The van der Waals surface area contributed by atoms with E-state index in [4.69, 9.17) is 15.2 Å². The fourth-order valence-corrected chi connectivity index (χ4v) is 2.46. The fraction of sp³-hybridized carbons (Fsp3) is 0.389. The lowest BCUT2D eigenvalue weighted by atomic mass is 9.92. The Kier molecular flexibility index (Phi) is 6.22. The first-order valence-corrected chi connectivity index (χ1v) is 7.77. The van der Waals surface area contributed by atoms with Gasteiger partial charge in [-0.1, -0.05) is 6.07 Å². The molecule has 4 nitrogen and oxygen atoms in total. The molecule has 0 aliphatic carbocycles. The number of aromatic nitrogens is 1. The van der Waals surface area contributed by atoms with Crippen LogP contribution in [-0.2, 0) is 6.42 Å². The summed E-state index contributed by atoms with van der Waals surface area (Å²) in [5.74, 6) is 1.82. The predicted molar refractivity (Wildman–Crippen MR) is 88.5 cm³/mol. The van der Waals surface area contributed by atoms with Gasteiger partial charge in [-0.15, -0.1) is 0 Å². The average molecular weight is 300 g/mol. The third kappa shape index (κ3) is 4.21. The van der Waals surface area contributed by atoms with Crippen LogP contribution in [0.4, 0.5) is 0 Å². The lowest BCUT2D eigenvalue weighted by molar-refractivity contribution is 0.287. The van der Waals surface area contributed by atoms with E-state index >= 15 is 0 Å². The highest BCUT2D eigenvalue weighted by Crippen LogP contribution is 2.32. The van der Waals surface area contributed by atoms with E-state index in [0.717, 1.165) is 17.9 Å². The Morgan fingerprint density at radius 3 is 2.32 bits per heavy atom. The molecule has 1 heterocycles. The molecule has 1 aromatic heterocycles. The highest BCUT2D eigenvalue weighted by molar-refractivity contribution is 5.44. The van der Waals surface area contributed by atoms with Crippen molar-refractivity contribution in [3.8, 4) is 11.5 Å². The van der Waals surface area contributed by atoms with E-state index in [2.05, 4.69) is 11.1 Å². The average Bonchev–Trinajstić information content (AvgIpc) is 2.56. The smallest absolute Gasteiger partial charge is 0.161 e. The summed E-state index contributed by atoms with van der Waals surface area (Å²) >= 11 is 0. The standard InChI is InChI=1S/C18H24N2O2/c1-3-21-17-6-5-15(12-18(17)22-4-2)16(13-19)11-14-7-9-20-10-8-14/h5-10,12,16H,3-4,11,13,19H2,1-2H3. The van der Waals surface area contributed by atoms with E-state index in [0.29, 0.717) is 19.8 Å². The SMILES string of the molecule is CCOc1ccc(C(CN)Cc2ccncc2)cc1OCC. The second-order valence-electron chi connectivity index (χ2n) is 5.06. The molecule has 1 atom stereocenters. The van der Waals surface area contributed by atoms with Crippen LogP contribution in [-0.4, -0.2) is 24.7 Å². The molecule has 0 saturated heterocycles. The molecule has 0 saturated carbocycles. The zero-order valence-electron chi connectivity index (χ0n) is 13.3. The van der Waals surface area contributed by atoms with Crippen molar-refractivity contribution in [2.45, 2.75) is 26.2 Å². The second kappa shape index (κ2) is 8.39. The molecule has 1 aromatic carbocycles. The molecule has 0 spiro atoms. The number of ether oxygens (including phenoxy) is 2. The third-order valence-electron chi connectivity index (χ3n) is 3.55. The number of benzene rings is 1. The highest BCUT2D eigenvalue weighted by Gasteiger charge is 2.14. The number of rotatable bonds is 8. The Morgan fingerprint density at radius 1 is 1.00 bits per heavy atom. The first-order valence-electron chi connectivity index (χ1n) is 7.77. The molecule has 0 aliphatic heterocycles. The zero-order valence-corrected chi connectivity index (χ0v) is 13.3. The van der Waals surface area contributed by atoms with Crippen LogP contribution in [0, 0.1) is 0 Å². The van der Waals surface area contributed by atoms with Crippen LogP contribution in [0.25, 0.3) is 0 Å². The summed E-state index contributed by atoms with van der Waals surface area (Å²) in [5, 5.41) is 0. The van der Waals surface area contributed by atoms with Gasteiger partial charge in [0.05, 0.1) is 13.2 Å². The highest BCUT2D eigenvalue weighted by atomic mass is 16.5. The molecular weight excluding hydrogens is 276 g/mol. The Morgan fingerprint density at radius 2 is 1.68 bits per heavy atom. The summed E-state index contributed by atoms with van der Waals surface area (Å²) in [6, 6.07) is 10.2. The minimum Gasteiger partial charge on any atom is -0.490 e. The molecular formula is C18H24N2O2. The van der Waals surface area contributed by atoms with Crippen molar-refractivity contribution in [3.63, 3.8) is 0 Å². The van der Waals surface area contributed by atoms with Gasteiger partial charge in [-0.25, -0.2) is 0 Å². The topological polar surface area (TPSA) is 57.4 Å². The Labute approximate surface area is 132 Å². The third-order valence-corrected chi connectivity index (χ3v) is 3.55. The van der Waals surface area contributed by atoms with Gasteiger partial charge in [0, 0.05) is 18.3 Å². The van der Waals surface area contributed by atoms with E-state index in [1.165, 1.54) is 11.1 Å². The summed E-state index contributed by atoms with van der Waals surface area (Å²) in [4.78, 5) is 4.05. The summed E-state index contributed by atoms with van der Waals surface area (Å²) in [6.07, 6.45) is 4.51. The van der Waals surface area contributed by atoms with Crippen molar-refractivity contribution < 1.29 is 9.47 Å². The molecule has 2 aromatic rings. The number of hydrogen-bond donors (Lipinski definition) is 1. The molecule has 118 valence electrons. The molecule has 2 rings (SSSR count). The van der Waals surface area contributed by atoms with Crippen LogP contribution < -0.4 is 15.2 Å². The molecule has 0 fully saturated rings. The van der Waals surface area contributed by atoms with Crippen LogP contribution in [0.2, 0.25) is 0 Å². The molecule has 0 radical (unpaired) electrons. The first kappa shape index (κ1) is 16.3. The van der Waals surface area contributed by atoms with Crippen molar-refractivity contribution in [2.75, 3.05) is 19.8 Å². The lowest BCUT2D eigenvalue weighted by Crippen LogP contribution is -2.15. The number of pyridine rings is 1. The maximum Gasteiger partial charge on any atom is 0.161 e.